The number of nitrogens with zero attached hydrogens (tertiary/aromatic N) is 1. The number of amides is 1. The molecule has 2 aromatic carbocycles. The Labute approximate surface area is 136 Å². The highest BCUT2D eigenvalue weighted by Crippen LogP contribution is 2.20. The van der Waals surface area contributed by atoms with Gasteiger partial charge in [-0.15, -0.1) is 0 Å². The van der Waals surface area contributed by atoms with Crippen molar-refractivity contribution in [3.63, 3.8) is 0 Å². The number of benzene rings is 2. The molecule has 126 valence electrons. The van der Waals surface area contributed by atoms with E-state index >= 15 is 0 Å². The van der Waals surface area contributed by atoms with Gasteiger partial charge in [0.25, 0.3) is 11.6 Å². The number of alkyl halides is 2. The Hall–Kier alpha value is -3.03. The molecule has 0 spiro atoms. The van der Waals surface area contributed by atoms with Crippen LogP contribution in [0.1, 0.15) is 28.9 Å². The second-order valence-corrected chi connectivity index (χ2v) is 4.95. The highest BCUT2D eigenvalue weighted by Gasteiger charge is 2.13. The molecule has 1 N–H and O–H groups in total. The van der Waals surface area contributed by atoms with E-state index in [1.165, 1.54) is 36.4 Å². The SMILES string of the molecule is C[C@@H](NC(=O)c1ccc([N+](=O)[O-])cc1)c1ccc(OC(F)F)cc1. The van der Waals surface area contributed by atoms with E-state index in [9.17, 15) is 23.7 Å². The molecule has 0 saturated carbocycles. The van der Waals surface area contributed by atoms with Crippen molar-refractivity contribution in [1.82, 2.24) is 5.32 Å². The monoisotopic (exact) mass is 336 g/mol. The summed E-state index contributed by atoms with van der Waals surface area (Å²) in [4.78, 5) is 22.2. The Bertz CT molecular complexity index is 718. The molecule has 0 saturated heterocycles. The minimum atomic E-state index is -2.89. The highest BCUT2D eigenvalue weighted by molar-refractivity contribution is 5.94. The molecule has 0 radical (unpaired) electrons. The first-order valence-corrected chi connectivity index (χ1v) is 6.97. The molecule has 0 fully saturated rings. The van der Waals surface area contributed by atoms with Gasteiger partial charge in [0.1, 0.15) is 5.75 Å². The number of hydrogen-bond donors (Lipinski definition) is 1. The summed E-state index contributed by atoms with van der Waals surface area (Å²) < 4.78 is 28.4. The van der Waals surface area contributed by atoms with Gasteiger partial charge in [-0.05, 0) is 36.8 Å². The third-order valence-electron chi connectivity index (χ3n) is 3.29. The molecule has 24 heavy (non-hydrogen) atoms. The zero-order valence-electron chi connectivity index (χ0n) is 12.6. The molecule has 2 rings (SSSR count). The molecule has 2 aromatic rings. The maximum absolute atomic E-state index is 12.1. The quantitative estimate of drug-likeness (QED) is 0.644. The number of rotatable bonds is 6. The van der Waals surface area contributed by atoms with Gasteiger partial charge >= 0.3 is 6.61 Å². The number of hydrogen-bond acceptors (Lipinski definition) is 4. The molecule has 0 heterocycles. The van der Waals surface area contributed by atoms with E-state index in [1.807, 2.05) is 0 Å². The van der Waals surface area contributed by atoms with E-state index in [0.29, 0.717) is 5.56 Å². The largest absolute Gasteiger partial charge is 0.435 e. The van der Waals surface area contributed by atoms with Crippen molar-refractivity contribution in [2.45, 2.75) is 19.6 Å². The van der Waals surface area contributed by atoms with Crippen LogP contribution in [0.15, 0.2) is 48.5 Å². The van der Waals surface area contributed by atoms with Crippen LogP contribution in [0.5, 0.6) is 5.75 Å². The van der Waals surface area contributed by atoms with E-state index in [4.69, 9.17) is 0 Å². The van der Waals surface area contributed by atoms with Crippen molar-refractivity contribution in [2.24, 2.45) is 0 Å². The van der Waals surface area contributed by atoms with Crippen molar-refractivity contribution < 1.29 is 23.2 Å². The van der Waals surface area contributed by atoms with Gasteiger partial charge < -0.3 is 10.1 Å². The number of carbonyl (C=O) groups excluding carboxylic acids is 1. The van der Waals surface area contributed by atoms with Crippen molar-refractivity contribution in [1.29, 1.82) is 0 Å². The molecule has 0 aliphatic carbocycles. The minimum absolute atomic E-state index is 0.0302. The predicted octanol–water partition coefficient (Wildman–Crippen LogP) is 3.69. The molecular weight excluding hydrogens is 322 g/mol. The molecule has 0 bridgehead atoms. The summed E-state index contributed by atoms with van der Waals surface area (Å²) in [6.07, 6.45) is 0. The summed E-state index contributed by atoms with van der Waals surface area (Å²) in [7, 11) is 0. The van der Waals surface area contributed by atoms with E-state index < -0.39 is 17.4 Å². The van der Waals surface area contributed by atoms with Gasteiger partial charge in [-0.2, -0.15) is 8.78 Å². The van der Waals surface area contributed by atoms with Crippen molar-refractivity contribution in [2.75, 3.05) is 0 Å². The summed E-state index contributed by atoms with van der Waals surface area (Å²) in [5.41, 5.74) is 0.881. The molecule has 0 unspecified atom stereocenters. The van der Waals surface area contributed by atoms with Gasteiger partial charge in [0.05, 0.1) is 11.0 Å². The van der Waals surface area contributed by atoms with E-state index in [-0.39, 0.29) is 23.0 Å². The number of nitro groups is 1. The van der Waals surface area contributed by atoms with Crippen LogP contribution >= 0.6 is 0 Å². The first kappa shape index (κ1) is 17.3. The first-order valence-electron chi connectivity index (χ1n) is 6.97. The van der Waals surface area contributed by atoms with Gasteiger partial charge in [-0.1, -0.05) is 12.1 Å². The topological polar surface area (TPSA) is 81.5 Å². The maximum atomic E-state index is 12.1. The number of ether oxygens (including phenoxy) is 1. The van der Waals surface area contributed by atoms with E-state index in [2.05, 4.69) is 10.1 Å². The number of halogens is 2. The third-order valence-corrected chi connectivity index (χ3v) is 3.29. The zero-order valence-corrected chi connectivity index (χ0v) is 12.6. The summed E-state index contributed by atoms with van der Waals surface area (Å²) in [5.74, 6) is -0.368. The molecule has 0 aromatic heterocycles. The van der Waals surface area contributed by atoms with Crippen LogP contribution in [-0.4, -0.2) is 17.4 Å². The molecular formula is C16H14F2N2O4. The third kappa shape index (κ3) is 4.48. The van der Waals surface area contributed by atoms with Gasteiger partial charge in [0, 0.05) is 17.7 Å². The van der Waals surface area contributed by atoms with E-state index in [0.717, 1.165) is 0 Å². The second kappa shape index (κ2) is 7.49. The van der Waals surface area contributed by atoms with Crippen LogP contribution in [0.3, 0.4) is 0 Å². The van der Waals surface area contributed by atoms with Crippen LogP contribution in [0, 0.1) is 10.1 Å². The summed E-state index contributed by atoms with van der Waals surface area (Å²) in [6, 6.07) is 10.7. The fourth-order valence-electron chi connectivity index (χ4n) is 2.04. The normalized spacial score (nSPS) is 11.8. The Morgan fingerprint density at radius 1 is 1.12 bits per heavy atom. The number of nitrogens with one attached hydrogen (secondary N) is 1. The predicted molar refractivity (Wildman–Crippen MR) is 82.1 cm³/mol. The standard InChI is InChI=1S/C16H14F2N2O4/c1-10(11-4-8-14(9-5-11)24-16(17)18)19-15(21)12-2-6-13(7-3-12)20(22)23/h2-10,16H,1H3,(H,19,21)/t10-/m1/s1. The fourth-order valence-corrected chi connectivity index (χ4v) is 2.04. The minimum Gasteiger partial charge on any atom is -0.435 e. The summed E-state index contributed by atoms with van der Waals surface area (Å²) in [6.45, 7) is -1.16. The molecule has 1 amide bonds. The van der Waals surface area contributed by atoms with Gasteiger partial charge in [0.15, 0.2) is 0 Å². The van der Waals surface area contributed by atoms with Crippen molar-refractivity contribution in [3.8, 4) is 5.75 Å². The summed E-state index contributed by atoms with van der Waals surface area (Å²) in [5, 5.41) is 13.3. The van der Waals surface area contributed by atoms with Gasteiger partial charge in [-0.3, -0.25) is 14.9 Å². The molecule has 0 aliphatic rings. The summed E-state index contributed by atoms with van der Waals surface area (Å²) >= 11 is 0. The van der Waals surface area contributed by atoms with Crippen LogP contribution in [0.4, 0.5) is 14.5 Å². The second-order valence-electron chi connectivity index (χ2n) is 4.95. The highest BCUT2D eigenvalue weighted by atomic mass is 19.3. The lowest BCUT2D eigenvalue weighted by molar-refractivity contribution is -0.384. The average Bonchev–Trinajstić information content (AvgIpc) is 2.55. The maximum Gasteiger partial charge on any atom is 0.387 e. The number of nitro benzene ring substituents is 1. The smallest absolute Gasteiger partial charge is 0.387 e. The fraction of sp³-hybridized carbons (Fsp3) is 0.188. The average molecular weight is 336 g/mol. The first-order chi connectivity index (χ1) is 11.4. The van der Waals surface area contributed by atoms with Crippen LogP contribution < -0.4 is 10.1 Å². The molecule has 1 atom stereocenters. The number of non-ortho nitro benzene ring substituents is 1. The zero-order chi connectivity index (χ0) is 17.7. The molecule has 6 nitrogen and oxygen atoms in total. The van der Waals surface area contributed by atoms with Crippen molar-refractivity contribution >= 4 is 11.6 Å². The lowest BCUT2D eigenvalue weighted by Crippen LogP contribution is -2.26. The molecule has 0 aliphatic heterocycles. The van der Waals surface area contributed by atoms with Gasteiger partial charge in [-0.25, -0.2) is 0 Å². The Balaban J connectivity index is 2.01. The van der Waals surface area contributed by atoms with Crippen LogP contribution in [0.25, 0.3) is 0 Å². The van der Waals surface area contributed by atoms with E-state index in [1.54, 1.807) is 19.1 Å². The number of carbonyl (C=O) groups is 1. The van der Waals surface area contributed by atoms with Crippen LogP contribution in [-0.2, 0) is 0 Å². The van der Waals surface area contributed by atoms with Crippen molar-refractivity contribution in [3.05, 3.63) is 69.8 Å². The van der Waals surface area contributed by atoms with Crippen LogP contribution in [0.2, 0.25) is 0 Å². The Morgan fingerprint density at radius 2 is 1.71 bits per heavy atom. The lowest BCUT2D eigenvalue weighted by atomic mass is 10.1. The lowest BCUT2D eigenvalue weighted by Gasteiger charge is -2.15. The Morgan fingerprint density at radius 3 is 2.21 bits per heavy atom. The molecule has 8 heteroatoms. The Kier molecular flexibility index (Phi) is 5.41. The van der Waals surface area contributed by atoms with Gasteiger partial charge in [0.2, 0.25) is 0 Å².